The van der Waals surface area contributed by atoms with E-state index in [1.807, 2.05) is 0 Å². The maximum absolute atomic E-state index is 14.5. The van der Waals surface area contributed by atoms with Gasteiger partial charge >= 0.3 is 12.1 Å². The molecule has 12 nitrogen and oxygen atoms in total. The highest BCUT2D eigenvalue weighted by Gasteiger charge is 2.47. The molecule has 0 radical (unpaired) electrons. The van der Waals surface area contributed by atoms with Gasteiger partial charge in [-0.1, -0.05) is 11.6 Å². The lowest BCUT2D eigenvalue weighted by atomic mass is 10.1. The van der Waals surface area contributed by atoms with Crippen LogP contribution >= 0.6 is 11.6 Å². The van der Waals surface area contributed by atoms with Crippen LogP contribution in [-0.2, 0) is 16.1 Å². The number of anilines is 1. The Bertz CT molecular complexity index is 1450. The molecule has 1 fully saturated rings. The van der Waals surface area contributed by atoms with Crippen LogP contribution in [-0.4, -0.2) is 69.5 Å². The average molecular weight is 610 g/mol. The molecular weight excluding hydrogens is 580 g/mol. The van der Waals surface area contributed by atoms with Gasteiger partial charge in [-0.3, -0.25) is 4.90 Å². The number of rotatable bonds is 8. The van der Waals surface area contributed by atoms with Crippen molar-refractivity contribution in [3.63, 3.8) is 0 Å². The predicted molar refractivity (Wildman–Crippen MR) is 150 cm³/mol. The van der Waals surface area contributed by atoms with Gasteiger partial charge in [0.05, 0.1) is 44.1 Å². The summed E-state index contributed by atoms with van der Waals surface area (Å²) in [5.41, 5.74) is -0.695. The number of nitrogens with zero attached hydrogens (tertiary/aromatic N) is 3. The topological polar surface area (TPSA) is 132 Å². The van der Waals surface area contributed by atoms with Crippen molar-refractivity contribution >= 4 is 41.1 Å². The number of carbonyl (C=O) groups excluding carboxylic acids is 2. The summed E-state index contributed by atoms with van der Waals surface area (Å²) in [6.45, 7) is 4.64. The molecule has 2 atom stereocenters. The van der Waals surface area contributed by atoms with E-state index < -0.39 is 48.2 Å². The lowest BCUT2D eigenvalue weighted by Crippen LogP contribution is -2.46. The number of fused-ring (bicyclic) bond motifs is 1. The molecule has 2 aromatic rings. The van der Waals surface area contributed by atoms with Crippen LogP contribution in [0.15, 0.2) is 34.3 Å². The van der Waals surface area contributed by atoms with Crippen LogP contribution in [0.4, 0.5) is 24.1 Å². The number of carbonyl (C=O) groups is 2. The fraction of sp³-hybridized carbons (Fsp3) is 0.407. The summed E-state index contributed by atoms with van der Waals surface area (Å²) in [7, 11) is 4.08. The summed E-state index contributed by atoms with van der Waals surface area (Å²) in [6.07, 6.45) is -1.59. The minimum Gasteiger partial charge on any atom is -0.496 e. The van der Waals surface area contributed by atoms with Crippen molar-refractivity contribution in [2.24, 2.45) is 9.98 Å². The third-order valence-electron chi connectivity index (χ3n) is 6.08. The molecular formula is C27H30ClF2N5O7. The molecule has 0 saturated carbocycles. The number of alkyl carbamates (subject to hydrolysis) is 1. The first kappa shape index (κ1) is 30.6. The average Bonchev–Trinajstić information content (AvgIpc) is 3.26. The molecule has 2 aromatic carbocycles. The molecule has 226 valence electrons. The van der Waals surface area contributed by atoms with Crippen molar-refractivity contribution in [3.05, 3.63) is 46.5 Å². The van der Waals surface area contributed by atoms with Crippen LogP contribution in [0.2, 0.25) is 5.02 Å². The van der Waals surface area contributed by atoms with Gasteiger partial charge in [-0.25, -0.2) is 23.4 Å². The van der Waals surface area contributed by atoms with Crippen LogP contribution < -0.4 is 29.7 Å². The summed E-state index contributed by atoms with van der Waals surface area (Å²) in [5.74, 6) is -1.55. The highest BCUT2D eigenvalue weighted by Crippen LogP contribution is 2.41. The molecule has 2 N–H and O–H groups in total. The standard InChI is InChI=1S/C27H30ClF2N5O7/c1-27(2,3)42-26(37)31-11-20-32-23-22(24(33-20)40-6)34-25(36)35(23)16-10-19(18(39-5)9-14(16)28)41-12-13-17(38-4)8-7-15(29)21(13)30/h7-10,22-23H,11-12H2,1-6H3,(H,31,37)(H,34,36). The molecule has 2 aliphatic rings. The van der Waals surface area contributed by atoms with Gasteiger partial charge in [0.25, 0.3) is 0 Å². The molecule has 0 spiro atoms. The van der Waals surface area contributed by atoms with E-state index in [2.05, 4.69) is 20.6 Å². The number of benzene rings is 2. The second-order valence-electron chi connectivity index (χ2n) is 10.1. The number of amidine groups is 1. The van der Waals surface area contributed by atoms with E-state index in [0.717, 1.165) is 6.07 Å². The van der Waals surface area contributed by atoms with Crippen LogP contribution in [0, 0.1) is 11.6 Å². The third kappa shape index (κ3) is 6.43. The van der Waals surface area contributed by atoms with Gasteiger partial charge in [-0.15, -0.1) is 0 Å². The largest absolute Gasteiger partial charge is 0.496 e. The molecule has 0 aromatic heterocycles. The number of hydrogen-bond donors (Lipinski definition) is 2. The van der Waals surface area contributed by atoms with E-state index in [9.17, 15) is 18.4 Å². The Kier molecular flexibility index (Phi) is 8.95. The van der Waals surface area contributed by atoms with E-state index in [-0.39, 0.29) is 51.8 Å². The van der Waals surface area contributed by atoms with Gasteiger partial charge in [0.15, 0.2) is 29.3 Å². The fourth-order valence-corrected chi connectivity index (χ4v) is 4.50. The molecule has 2 aliphatic heterocycles. The number of methoxy groups -OCH3 is 3. The fourth-order valence-electron chi connectivity index (χ4n) is 4.25. The van der Waals surface area contributed by atoms with E-state index in [1.165, 1.54) is 44.4 Å². The zero-order chi connectivity index (χ0) is 30.8. The minimum atomic E-state index is -1.13. The first-order valence-electron chi connectivity index (χ1n) is 12.6. The Hall–Kier alpha value is -4.33. The number of aliphatic imine (C=N–C) groups is 2. The van der Waals surface area contributed by atoms with Crippen molar-refractivity contribution in [1.82, 2.24) is 10.6 Å². The molecule has 0 aliphatic carbocycles. The molecule has 3 amide bonds. The summed E-state index contributed by atoms with van der Waals surface area (Å²) < 4.78 is 55.4. The highest BCUT2D eigenvalue weighted by molar-refractivity contribution is 6.34. The Balaban J connectivity index is 1.65. The SMILES string of the molecule is COC1=NC(CNC(=O)OC(C)(C)C)=NC2C1NC(=O)N2c1cc(OCc2c(OC)ccc(F)c2F)c(OC)cc1Cl. The Morgan fingerprint density at radius 3 is 2.45 bits per heavy atom. The molecule has 15 heteroatoms. The van der Waals surface area contributed by atoms with Gasteiger partial charge in [0.2, 0.25) is 5.90 Å². The van der Waals surface area contributed by atoms with Crippen LogP contribution in [0.5, 0.6) is 17.2 Å². The second kappa shape index (κ2) is 12.3. The van der Waals surface area contributed by atoms with Crippen LogP contribution in [0.25, 0.3) is 0 Å². The first-order chi connectivity index (χ1) is 19.9. The van der Waals surface area contributed by atoms with Crippen molar-refractivity contribution in [1.29, 1.82) is 0 Å². The van der Waals surface area contributed by atoms with E-state index in [0.29, 0.717) is 0 Å². The maximum atomic E-state index is 14.5. The highest BCUT2D eigenvalue weighted by atomic mass is 35.5. The summed E-state index contributed by atoms with van der Waals surface area (Å²) >= 11 is 6.57. The zero-order valence-corrected chi connectivity index (χ0v) is 24.5. The van der Waals surface area contributed by atoms with Crippen molar-refractivity contribution in [2.45, 2.75) is 45.2 Å². The quantitative estimate of drug-likeness (QED) is 0.453. The first-order valence-corrected chi connectivity index (χ1v) is 13.0. The molecule has 2 heterocycles. The molecule has 1 saturated heterocycles. The van der Waals surface area contributed by atoms with E-state index in [1.54, 1.807) is 20.8 Å². The van der Waals surface area contributed by atoms with Crippen LogP contribution in [0.3, 0.4) is 0 Å². The number of halogens is 3. The summed E-state index contributed by atoms with van der Waals surface area (Å²) in [4.78, 5) is 35.5. The number of ether oxygens (including phenoxy) is 5. The van der Waals surface area contributed by atoms with Crippen molar-refractivity contribution < 1.29 is 42.1 Å². The molecule has 2 unspecified atom stereocenters. The van der Waals surface area contributed by atoms with Gasteiger partial charge in [-0.05, 0) is 32.9 Å². The van der Waals surface area contributed by atoms with E-state index in [4.69, 9.17) is 35.3 Å². The number of nitrogens with one attached hydrogen (secondary N) is 2. The maximum Gasteiger partial charge on any atom is 0.408 e. The third-order valence-corrected chi connectivity index (χ3v) is 6.39. The Morgan fingerprint density at radius 2 is 1.81 bits per heavy atom. The lowest BCUT2D eigenvalue weighted by molar-refractivity contribution is 0.0535. The summed E-state index contributed by atoms with van der Waals surface area (Å²) in [5, 5.41) is 5.44. The van der Waals surface area contributed by atoms with Crippen LogP contribution in [0.1, 0.15) is 26.3 Å². The van der Waals surface area contributed by atoms with Gasteiger partial charge < -0.3 is 34.3 Å². The van der Waals surface area contributed by atoms with Gasteiger partial charge in [-0.2, -0.15) is 4.99 Å². The smallest absolute Gasteiger partial charge is 0.408 e. The van der Waals surface area contributed by atoms with Crippen molar-refractivity contribution in [3.8, 4) is 17.2 Å². The predicted octanol–water partition coefficient (Wildman–Crippen LogP) is 4.42. The van der Waals surface area contributed by atoms with E-state index >= 15 is 0 Å². The number of hydrogen-bond acceptors (Lipinski definition) is 9. The molecule has 4 rings (SSSR count). The van der Waals surface area contributed by atoms with Gasteiger partial charge in [0, 0.05) is 12.1 Å². The number of amides is 3. The molecule has 0 bridgehead atoms. The Labute approximate surface area is 245 Å². The summed E-state index contributed by atoms with van der Waals surface area (Å²) in [6, 6.07) is 3.70. The second-order valence-corrected chi connectivity index (χ2v) is 10.5. The van der Waals surface area contributed by atoms with Gasteiger partial charge in [0.1, 0.15) is 29.8 Å². The van der Waals surface area contributed by atoms with Crippen molar-refractivity contribution in [2.75, 3.05) is 32.8 Å². The number of urea groups is 1. The minimum absolute atomic E-state index is 0.0751. The normalized spacial score (nSPS) is 17.9. The molecule has 42 heavy (non-hydrogen) atoms. The monoisotopic (exact) mass is 609 g/mol. The Morgan fingerprint density at radius 1 is 1.10 bits per heavy atom. The zero-order valence-electron chi connectivity index (χ0n) is 23.7. The lowest BCUT2D eigenvalue weighted by Gasteiger charge is -2.28.